The van der Waals surface area contributed by atoms with Gasteiger partial charge in [0.2, 0.25) is 0 Å². The van der Waals surface area contributed by atoms with Crippen LogP contribution in [0.4, 0.5) is 0 Å². The molecule has 0 spiro atoms. The summed E-state index contributed by atoms with van der Waals surface area (Å²) < 4.78 is 5.28. The molecule has 0 aliphatic carbocycles. The van der Waals surface area contributed by atoms with Crippen LogP contribution in [-0.4, -0.2) is 5.97 Å². The topological polar surface area (TPSA) is 26.3 Å². The van der Waals surface area contributed by atoms with Crippen molar-refractivity contribution in [2.75, 3.05) is 0 Å². The van der Waals surface area contributed by atoms with Crippen LogP contribution in [0.2, 0.25) is 15.1 Å². The lowest BCUT2D eigenvalue weighted by atomic mass is 10.1. The van der Waals surface area contributed by atoms with Gasteiger partial charge >= 0.3 is 5.97 Å². The van der Waals surface area contributed by atoms with Crippen LogP contribution < -0.4 is 0 Å². The van der Waals surface area contributed by atoms with Gasteiger partial charge in [-0.3, -0.25) is 0 Å². The summed E-state index contributed by atoms with van der Waals surface area (Å²) in [6, 6.07) is 12.2. The molecule has 0 N–H and O–H groups in total. The first kappa shape index (κ1) is 15.2. The Morgan fingerprint density at radius 2 is 1.55 bits per heavy atom. The van der Waals surface area contributed by atoms with Gasteiger partial charge in [0.15, 0.2) is 0 Å². The fourth-order valence-electron chi connectivity index (χ4n) is 2.05. The molecule has 0 radical (unpaired) electrons. The Hall–Kier alpha value is -1.74. The Bertz CT molecular complexity index is 785. The molecule has 0 saturated carbocycles. The van der Waals surface area contributed by atoms with Gasteiger partial charge in [-0.05, 0) is 48.6 Å². The second kappa shape index (κ2) is 6.17. The molecule has 2 aromatic carbocycles. The number of ether oxygens (including phenoxy) is 1. The summed E-state index contributed by atoms with van der Waals surface area (Å²) >= 11 is 18.1. The van der Waals surface area contributed by atoms with Crippen molar-refractivity contribution >= 4 is 52.6 Å². The van der Waals surface area contributed by atoms with E-state index in [9.17, 15) is 4.79 Å². The maximum atomic E-state index is 12.0. The fourth-order valence-corrected chi connectivity index (χ4v) is 2.68. The molecule has 110 valence electrons. The number of carbonyl (C=O) groups excluding carboxylic acids is 1. The standard InChI is InChI=1S/C17H9Cl3O2/c18-12-6-4-10(5-7-12)16-9-11(17(21)22-16)8-13-14(19)2-1-3-15(13)20/h1-9H/b11-8+. The molecule has 2 aromatic rings. The Kier molecular flexibility index (Phi) is 4.25. The minimum atomic E-state index is -0.444. The van der Waals surface area contributed by atoms with Crippen molar-refractivity contribution in [1.29, 1.82) is 0 Å². The van der Waals surface area contributed by atoms with Gasteiger partial charge in [0.1, 0.15) is 5.76 Å². The van der Waals surface area contributed by atoms with Crippen molar-refractivity contribution < 1.29 is 9.53 Å². The van der Waals surface area contributed by atoms with Gasteiger partial charge in [-0.15, -0.1) is 0 Å². The van der Waals surface area contributed by atoms with Crippen molar-refractivity contribution in [2.45, 2.75) is 0 Å². The molecule has 0 unspecified atom stereocenters. The molecule has 1 aliphatic rings. The second-order valence-electron chi connectivity index (χ2n) is 4.64. The Balaban J connectivity index is 1.99. The summed E-state index contributed by atoms with van der Waals surface area (Å²) in [6.07, 6.45) is 3.28. The summed E-state index contributed by atoms with van der Waals surface area (Å²) in [6.45, 7) is 0. The molecule has 0 fully saturated rings. The maximum Gasteiger partial charge on any atom is 0.343 e. The van der Waals surface area contributed by atoms with Crippen LogP contribution in [0.25, 0.3) is 11.8 Å². The Morgan fingerprint density at radius 1 is 0.909 bits per heavy atom. The zero-order chi connectivity index (χ0) is 15.7. The van der Waals surface area contributed by atoms with E-state index in [4.69, 9.17) is 39.5 Å². The first-order valence-corrected chi connectivity index (χ1v) is 7.53. The number of hydrogen-bond acceptors (Lipinski definition) is 2. The zero-order valence-corrected chi connectivity index (χ0v) is 13.4. The molecule has 0 saturated heterocycles. The van der Waals surface area contributed by atoms with Crippen LogP contribution in [0.3, 0.4) is 0 Å². The summed E-state index contributed by atoms with van der Waals surface area (Å²) in [5.74, 6) is 0.0250. The molecule has 22 heavy (non-hydrogen) atoms. The summed E-state index contributed by atoms with van der Waals surface area (Å²) in [5.41, 5.74) is 1.75. The van der Waals surface area contributed by atoms with Gasteiger partial charge in [-0.25, -0.2) is 4.79 Å². The van der Waals surface area contributed by atoms with Crippen molar-refractivity contribution in [1.82, 2.24) is 0 Å². The minimum Gasteiger partial charge on any atom is -0.422 e. The molecule has 3 rings (SSSR count). The Morgan fingerprint density at radius 3 is 2.18 bits per heavy atom. The minimum absolute atomic E-state index is 0.389. The van der Waals surface area contributed by atoms with E-state index in [2.05, 4.69) is 0 Å². The van der Waals surface area contributed by atoms with E-state index in [1.165, 1.54) is 0 Å². The highest BCUT2D eigenvalue weighted by atomic mass is 35.5. The third kappa shape index (κ3) is 3.05. The zero-order valence-electron chi connectivity index (χ0n) is 11.1. The smallest absolute Gasteiger partial charge is 0.343 e. The molecule has 0 amide bonds. The lowest BCUT2D eigenvalue weighted by Gasteiger charge is -2.02. The summed E-state index contributed by atoms with van der Waals surface area (Å²) in [4.78, 5) is 12.0. The van der Waals surface area contributed by atoms with Crippen LogP contribution >= 0.6 is 34.8 Å². The predicted molar refractivity (Wildman–Crippen MR) is 90.0 cm³/mol. The lowest BCUT2D eigenvalue weighted by Crippen LogP contribution is -1.97. The van der Waals surface area contributed by atoms with E-state index < -0.39 is 5.97 Å². The monoisotopic (exact) mass is 350 g/mol. The molecule has 0 atom stereocenters. The van der Waals surface area contributed by atoms with Gasteiger partial charge in [0, 0.05) is 26.2 Å². The van der Waals surface area contributed by atoms with Gasteiger partial charge in [-0.2, -0.15) is 0 Å². The van der Waals surface area contributed by atoms with E-state index in [1.54, 1.807) is 54.6 Å². The molecular weight excluding hydrogens is 343 g/mol. The van der Waals surface area contributed by atoms with Crippen molar-refractivity contribution in [3.8, 4) is 0 Å². The number of rotatable bonds is 2. The highest BCUT2D eigenvalue weighted by Gasteiger charge is 2.22. The van der Waals surface area contributed by atoms with E-state index in [0.29, 0.717) is 32.0 Å². The molecule has 0 aromatic heterocycles. The number of cyclic esters (lactones) is 1. The SMILES string of the molecule is O=C1OC(c2ccc(Cl)cc2)=C/C1=C\c1c(Cl)cccc1Cl. The van der Waals surface area contributed by atoms with Gasteiger partial charge < -0.3 is 4.74 Å². The van der Waals surface area contributed by atoms with Crippen LogP contribution in [-0.2, 0) is 9.53 Å². The fraction of sp³-hybridized carbons (Fsp3) is 0. The van der Waals surface area contributed by atoms with Crippen LogP contribution in [0, 0.1) is 0 Å². The van der Waals surface area contributed by atoms with E-state index in [-0.39, 0.29) is 0 Å². The third-order valence-electron chi connectivity index (χ3n) is 3.15. The van der Waals surface area contributed by atoms with Gasteiger partial charge in [-0.1, -0.05) is 40.9 Å². The quantitative estimate of drug-likeness (QED) is 0.518. The molecular formula is C17H9Cl3O2. The third-order valence-corrected chi connectivity index (χ3v) is 4.06. The highest BCUT2D eigenvalue weighted by Crippen LogP contribution is 2.31. The van der Waals surface area contributed by atoms with Crippen molar-refractivity contribution in [3.63, 3.8) is 0 Å². The predicted octanol–water partition coefficient (Wildman–Crippen LogP) is 5.63. The number of carbonyl (C=O) groups is 1. The summed E-state index contributed by atoms with van der Waals surface area (Å²) in [7, 11) is 0. The lowest BCUT2D eigenvalue weighted by molar-refractivity contribution is -0.130. The summed E-state index contributed by atoms with van der Waals surface area (Å²) in [5, 5.41) is 1.56. The second-order valence-corrected chi connectivity index (χ2v) is 5.89. The maximum absolute atomic E-state index is 12.0. The van der Waals surface area contributed by atoms with Crippen LogP contribution in [0.5, 0.6) is 0 Å². The van der Waals surface area contributed by atoms with E-state index >= 15 is 0 Å². The van der Waals surface area contributed by atoms with E-state index in [0.717, 1.165) is 5.56 Å². The van der Waals surface area contributed by atoms with Crippen molar-refractivity contribution in [3.05, 3.63) is 80.3 Å². The van der Waals surface area contributed by atoms with Crippen molar-refractivity contribution in [2.24, 2.45) is 0 Å². The van der Waals surface area contributed by atoms with Crippen LogP contribution in [0.15, 0.2) is 54.1 Å². The number of halogens is 3. The van der Waals surface area contributed by atoms with Gasteiger partial charge in [0.05, 0.1) is 5.57 Å². The van der Waals surface area contributed by atoms with E-state index in [1.807, 2.05) is 0 Å². The first-order chi connectivity index (χ1) is 10.5. The van der Waals surface area contributed by atoms with Crippen LogP contribution in [0.1, 0.15) is 11.1 Å². The normalized spacial score (nSPS) is 15.9. The number of esters is 1. The number of hydrogen-bond donors (Lipinski definition) is 0. The molecule has 5 heteroatoms. The van der Waals surface area contributed by atoms with Gasteiger partial charge in [0.25, 0.3) is 0 Å². The molecule has 1 aliphatic heterocycles. The molecule has 2 nitrogen and oxygen atoms in total. The average molecular weight is 352 g/mol. The Labute approximate surface area is 142 Å². The molecule has 1 heterocycles. The highest BCUT2D eigenvalue weighted by molar-refractivity contribution is 6.37. The first-order valence-electron chi connectivity index (χ1n) is 6.40. The molecule has 0 bridgehead atoms. The largest absolute Gasteiger partial charge is 0.422 e. The number of benzene rings is 2. The average Bonchev–Trinajstić information content (AvgIpc) is 2.85.